The van der Waals surface area contributed by atoms with E-state index in [0.717, 1.165) is 5.39 Å². The molecule has 0 saturated carbocycles. The van der Waals surface area contributed by atoms with Crippen LogP contribution in [0.3, 0.4) is 0 Å². The van der Waals surface area contributed by atoms with Crippen molar-refractivity contribution in [1.82, 2.24) is 4.98 Å². The summed E-state index contributed by atoms with van der Waals surface area (Å²) in [6.45, 7) is 5.64. The minimum absolute atomic E-state index is 0.303. The van der Waals surface area contributed by atoms with Crippen molar-refractivity contribution in [1.29, 1.82) is 0 Å². The first-order valence-electron chi connectivity index (χ1n) is 6.32. The van der Waals surface area contributed by atoms with Crippen LogP contribution in [-0.2, 0) is 10.1 Å². The molecule has 0 saturated heterocycles. The number of hydrogen-bond donors (Lipinski definition) is 0. The number of benzene rings is 1. The molecule has 0 atom stereocenters. The second-order valence-corrected chi connectivity index (χ2v) is 12.3. The molecule has 4 nitrogen and oxygen atoms in total. The topological polar surface area (TPSA) is 56.3 Å². The highest BCUT2D eigenvalue weighted by atomic mass is 32.2. The molecule has 0 N–H and O–H groups in total. The molecule has 2 rings (SSSR count). The molecule has 0 radical (unpaired) electrons. The van der Waals surface area contributed by atoms with E-state index in [0.29, 0.717) is 10.7 Å². The van der Waals surface area contributed by atoms with Crippen LogP contribution in [0.15, 0.2) is 30.5 Å². The third-order valence-electron chi connectivity index (χ3n) is 2.97. The van der Waals surface area contributed by atoms with E-state index in [-0.39, 0.29) is 5.75 Å². The molecule has 0 aliphatic carbocycles. The van der Waals surface area contributed by atoms with Gasteiger partial charge in [-0.25, -0.2) is 0 Å². The highest BCUT2D eigenvalue weighted by Crippen LogP contribution is 2.29. The number of hydrogen-bond acceptors (Lipinski definition) is 4. The lowest BCUT2D eigenvalue weighted by Gasteiger charge is -2.22. The Morgan fingerprint density at radius 3 is 2.32 bits per heavy atom. The molecule has 1 heterocycles. The molecule has 9 heteroatoms. The van der Waals surface area contributed by atoms with E-state index in [4.69, 9.17) is 0 Å². The number of nitrogens with zero attached hydrogens (tertiary/aromatic N) is 1. The summed E-state index contributed by atoms with van der Waals surface area (Å²) in [7, 11) is -7.93. The summed E-state index contributed by atoms with van der Waals surface area (Å²) in [5.41, 5.74) is -5.00. The van der Waals surface area contributed by atoms with Gasteiger partial charge in [0, 0.05) is 16.8 Å². The fraction of sp³-hybridized carbons (Fsp3) is 0.308. The summed E-state index contributed by atoms with van der Waals surface area (Å²) in [5.74, 6) is -0.303. The van der Waals surface area contributed by atoms with Gasteiger partial charge in [-0.1, -0.05) is 25.7 Å². The highest BCUT2D eigenvalue weighted by molar-refractivity contribution is 7.88. The maximum Gasteiger partial charge on any atom is 0.534 e. The van der Waals surface area contributed by atoms with Gasteiger partial charge in [-0.2, -0.15) is 21.6 Å². The van der Waals surface area contributed by atoms with Crippen LogP contribution in [0, 0.1) is 0 Å². The lowest BCUT2D eigenvalue weighted by atomic mass is 10.2. The van der Waals surface area contributed by atoms with E-state index in [1.807, 2.05) is 19.6 Å². The highest BCUT2D eigenvalue weighted by Gasteiger charge is 2.49. The predicted molar refractivity (Wildman–Crippen MR) is 80.3 cm³/mol. The van der Waals surface area contributed by atoms with Gasteiger partial charge in [0.15, 0.2) is 0 Å². The minimum atomic E-state index is -5.71. The SMILES string of the molecule is C[Si](C)(C)c1c(OS(=O)(=O)C(F)(F)F)ccc2cccnc12. The molecular formula is C13H14F3NO3SSi. The van der Waals surface area contributed by atoms with E-state index in [9.17, 15) is 21.6 Å². The quantitative estimate of drug-likeness (QED) is 0.486. The maximum atomic E-state index is 12.5. The van der Waals surface area contributed by atoms with Crippen LogP contribution in [0.5, 0.6) is 5.75 Å². The molecule has 0 spiro atoms. The first-order valence-corrected chi connectivity index (χ1v) is 11.2. The van der Waals surface area contributed by atoms with Gasteiger partial charge < -0.3 is 4.18 Å². The molecule has 0 aliphatic heterocycles. The maximum absolute atomic E-state index is 12.5. The van der Waals surface area contributed by atoms with Gasteiger partial charge in [0.05, 0.1) is 13.6 Å². The van der Waals surface area contributed by atoms with Crippen molar-refractivity contribution in [2.45, 2.75) is 25.1 Å². The molecule has 22 heavy (non-hydrogen) atoms. The third kappa shape index (κ3) is 3.09. The van der Waals surface area contributed by atoms with E-state index >= 15 is 0 Å². The molecule has 1 aromatic heterocycles. The van der Waals surface area contributed by atoms with E-state index in [1.54, 1.807) is 12.1 Å². The Morgan fingerprint density at radius 1 is 1.14 bits per heavy atom. The molecule has 0 unspecified atom stereocenters. The van der Waals surface area contributed by atoms with Crippen LogP contribution in [0.1, 0.15) is 0 Å². The van der Waals surface area contributed by atoms with Gasteiger partial charge in [0.1, 0.15) is 5.75 Å². The van der Waals surface area contributed by atoms with Crippen molar-refractivity contribution in [2.75, 3.05) is 0 Å². The lowest BCUT2D eigenvalue weighted by Crippen LogP contribution is -2.41. The van der Waals surface area contributed by atoms with Gasteiger partial charge in [-0.15, -0.1) is 0 Å². The summed E-state index contributed by atoms with van der Waals surface area (Å²) in [6.07, 6.45) is 1.51. The van der Waals surface area contributed by atoms with Gasteiger partial charge in [0.25, 0.3) is 0 Å². The number of pyridine rings is 1. The third-order valence-corrected chi connectivity index (χ3v) is 5.92. The molecule has 1 aromatic carbocycles. The Bertz CT molecular complexity index is 813. The average Bonchev–Trinajstić information content (AvgIpc) is 2.35. The summed E-state index contributed by atoms with van der Waals surface area (Å²) < 4.78 is 64.6. The van der Waals surface area contributed by atoms with Gasteiger partial charge in [-0.05, 0) is 18.2 Å². The number of alkyl halides is 3. The molecule has 0 fully saturated rings. The largest absolute Gasteiger partial charge is 0.534 e. The van der Waals surface area contributed by atoms with Crippen LogP contribution in [0.25, 0.3) is 10.9 Å². The van der Waals surface area contributed by atoms with E-state index in [2.05, 4.69) is 9.17 Å². The fourth-order valence-corrected chi connectivity index (χ4v) is 4.42. The molecule has 2 aromatic rings. The van der Waals surface area contributed by atoms with Gasteiger partial charge in [0.2, 0.25) is 0 Å². The van der Waals surface area contributed by atoms with Crippen molar-refractivity contribution in [3.8, 4) is 5.75 Å². The van der Waals surface area contributed by atoms with Crippen LogP contribution in [0.2, 0.25) is 19.6 Å². The first kappa shape index (κ1) is 16.8. The van der Waals surface area contributed by atoms with E-state index < -0.39 is 23.7 Å². The summed E-state index contributed by atoms with van der Waals surface area (Å²) in [6, 6.07) is 6.20. The van der Waals surface area contributed by atoms with Crippen molar-refractivity contribution >= 4 is 34.3 Å². The van der Waals surface area contributed by atoms with Crippen molar-refractivity contribution < 1.29 is 25.8 Å². The minimum Gasteiger partial charge on any atom is -0.376 e. The van der Waals surface area contributed by atoms with Crippen LogP contribution in [-0.4, -0.2) is 27.0 Å². The Morgan fingerprint density at radius 2 is 1.77 bits per heavy atom. The van der Waals surface area contributed by atoms with Gasteiger partial charge >= 0.3 is 15.6 Å². The number of fused-ring (bicyclic) bond motifs is 1. The molecular weight excluding hydrogens is 335 g/mol. The van der Waals surface area contributed by atoms with Crippen LogP contribution in [0.4, 0.5) is 13.2 Å². The number of halogens is 3. The van der Waals surface area contributed by atoms with E-state index in [1.165, 1.54) is 18.3 Å². The Balaban J connectivity index is 2.70. The lowest BCUT2D eigenvalue weighted by molar-refractivity contribution is -0.0499. The van der Waals surface area contributed by atoms with Crippen molar-refractivity contribution in [3.05, 3.63) is 30.5 Å². The molecule has 0 bridgehead atoms. The Labute approximate surface area is 127 Å². The van der Waals surface area contributed by atoms with Crippen LogP contribution >= 0.6 is 0 Å². The average molecular weight is 349 g/mol. The predicted octanol–water partition coefficient (Wildman–Crippen LogP) is 3.01. The monoisotopic (exact) mass is 349 g/mol. The smallest absolute Gasteiger partial charge is 0.376 e. The second-order valence-electron chi connectivity index (χ2n) is 5.75. The first-order chi connectivity index (χ1) is 9.93. The normalized spacial score (nSPS) is 13.4. The van der Waals surface area contributed by atoms with Crippen LogP contribution < -0.4 is 9.37 Å². The standard InChI is InChI=1S/C13H14F3NO3SSi/c1-22(2,3)12-10(20-21(18,19)13(14,15)16)7-6-9-5-4-8-17-11(9)12/h4-8H,1-3H3. The second kappa shape index (κ2) is 5.23. The molecule has 0 aliphatic rings. The summed E-state index contributed by atoms with van der Waals surface area (Å²) >= 11 is 0. The van der Waals surface area contributed by atoms with Crippen molar-refractivity contribution in [3.63, 3.8) is 0 Å². The van der Waals surface area contributed by atoms with Crippen molar-refractivity contribution in [2.24, 2.45) is 0 Å². The summed E-state index contributed by atoms with van der Waals surface area (Å²) in [5, 5.41) is 1.16. The Hall–Kier alpha value is -1.61. The zero-order chi connectivity index (χ0) is 16.8. The summed E-state index contributed by atoms with van der Waals surface area (Å²) in [4.78, 5) is 4.18. The molecule has 0 amide bonds. The number of rotatable bonds is 3. The molecule has 120 valence electrons. The van der Waals surface area contributed by atoms with Gasteiger partial charge in [-0.3, -0.25) is 4.98 Å². The fourth-order valence-electron chi connectivity index (χ4n) is 2.09. The number of aromatic nitrogens is 1. The Kier molecular flexibility index (Phi) is 3.99. The zero-order valence-electron chi connectivity index (χ0n) is 12.1. The zero-order valence-corrected chi connectivity index (χ0v) is 13.9.